The fraction of sp³-hybridized carbons (Fsp3) is 0.200. The van der Waals surface area contributed by atoms with Crippen molar-refractivity contribution >= 4 is 34.5 Å². The Morgan fingerprint density at radius 1 is 0.588 bits per heavy atom. The Kier molecular flexibility index (Phi) is 4.74. The molecule has 34 heavy (non-hydrogen) atoms. The summed E-state index contributed by atoms with van der Waals surface area (Å²) in [5.41, 5.74) is 6.72. The van der Waals surface area contributed by atoms with Gasteiger partial charge in [-0.05, 0) is 73.6 Å². The summed E-state index contributed by atoms with van der Waals surface area (Å²) in [5.74, 6) is 0. The Labute approximate surface area is 200 Å². The average molecular weight is 446 g/mol. The van der Waals surface area contributed by atoms with Crippen LogP contribution in [0, 0.1) is 0 Å². The van der Waals surface area contributed by atoms with Crippen LogP contribution in [0.3, 0.4) is 0 Å². The van der Waals surface area contributed by atoms with Gasteiger partial charge in [-0.2, -0.15) is 0 Å². The van der Waals surface area contributed by atoms with Crippen molar-refractivity contribution in [3.8, 4) is 22.3 Å². The predicted molar refractivity (Wildman–Crippen MR) is 140 cm³/mol. The fourth-order valence-electron chi connectivity index (χ4n) is 4.71. The Balaban J connectivity index is 1.46. The van der Waals surface area contributed by atoms with Crippen LogP contribution in [0.2, 0.25) is 0 Å². The maximum absolute atomic E-state index is 6.28. The summed E-state index contributed by atoms with van der Waals surface area (Å²) in [6.45, 7) is 8.33. The summed E-state index contributed by atoms with van der Waals surface area (Å²) in [7, 11) is -0.381. The quantitative estimate of drug-likeness (QED) is 0.274. The molecule has 3 nitrogen and oxygen atoms in total. The second kappa shape index (κ2) is 7.59. The molecule has 168 valence electrons. The molecule has 1 aliphatic heterocycles. The molecule has 2 heterocycles. The van der Waals surface area contributed by atoms with Crippen LogP contribution in [0.5, 0.6) is 0 Å². The first kappa shape index (κ1) is 21.2. The van der Waals surface area contributed by atoms with E-state index in [2.05, 4.69) is 107 Å². The van der Waals surface area contributed by atoms with Gasteiger partial charge in [0, 0.05) is 10.8 Å². The Hall–Kier alpha value is -3.34. The van der Waals surface area contributed by atoms with Gasteiger partial charge in [-0.3, -0.25) is 0 Å². The first-order chi connectivity index (χ1) is 16.3. The highest BCUT2D eigenvalue weighted by molar-refractivity contribution is 6.62. The van der Waals surface area contributed by atoms with Crippen molar-refractivity contribution in [1.82, 2.24) is 0 Å². The van der Waals surface area contributed by atoms with Gasteiger partial charge >= 0.3 is 7.12 Å². The van der Waals surface area contributed by atoms with E-state index in [4.69, 9.17) is 13.7 Å². The lowest BCUT2D eigenvalue weighted by Gasteiger charge is -2.32. The zero-order chi connectivity index (χ0) is 23.5. The molecule has 1 aliphatic rings. The summed E-state index contributed by atoms with van der Waals surface area (Å²) in [5, 5.41) is 2.26. The van der Waals surface area contributed by atoms with Gasteiger partial charge in [-0.1, -0.05) is 72.8 Å². The lowest BCUT2D eigenvalue weighted by Crippen LogP contribution is -2.41. The zero-order valence-corrected chi connectivity index (χ0v) is 20.0. The minimum atomic E-state index is -0.381. The lowest BCUT2D eigenvalue weighted by atomic mass is 9.78. The lowest BCUT2D eigenvalue weighted by molar-refractivity contribution is 0.00578. The monoisotopic (exact) mass is 446 g/mol. The average Bonchev–Trinajstić information content (AvgIpc) is 3.32. The molecule has 5 aromatic rings. The van der Waals surface area contributed by atoms with Gasteiger partial charge in [-0.25, -0.2) is 0 Å². The van der Waals surface area contributed by atoms with Crippen LogP contribution < -0.4 is 5.46 Å². The number of hydrogen-bond acceptors (Lipinski definition) is 3. The molecule has 0 unspecified atom stereocenters. The molecule has 4 aromatic carbocycles. The van der Waals surface area contributed by atoms with Crippen molar-refractivity contribution in [1.29, 1.82) is 0 Å². The van der Waals surface area contributed by atoms with Crippen LogP contribution in [0.15, 0.2) is 95.4 Å². The molecular weight excluding hydrogens is 419 g/mol. The van der Waals surface area contributed by atoms with Crippen molar-refractivity contribution in [3.63, 3.8) is 0 Å². The topological polar surface area (TPSA) is 31.6 Å². The summed E-state index contributed by atoms with van der Waals surface area (Å²) >= 11 is 0. The molecule has 1 saturated heterocycles. The molecule has 0 radical (unpaired) electrons. The fourth-order valence-corrected chi connectivity index (χ4v) is 4.71. The van der Waals surface area contributed by atoms with E-state index in [0.29, 0.717) is 0 Å². The van der Waals surface area contributed by atoms with Crippen molar-refractivity contribution in [2.24, 2.45) is 0 Å². The summed E-state index contributed by atoms with van der Waals surface area (Å²) < 4.78 is 18.8. The summed E-state index contributed by atoms with van der Waals surface area (Å²) in [6.07, 6.45) is 0. The van der Waals surface area contributed by atoms with Crippen LogP contribution in [0.4, 0.5) is 0 Å². The van der Waals surface area contributed by atoms with E-state index in [9.17, 15) is 0 Å². The first-order valence-corrected chi connectivity index (χ1v) is 11.8. The third kappa shape index (κ3) is 3.37. The van der Waals surface area contributed by atoms with Crippen LogP contribution in [0.1, 0.15) is 27.7 Å². The van der Waals surface area contributed by atoms with E-state index in [1.807, 2.05) is 12.1 Å². The van der Waals surface area contributed by atoms with Crippen LogP contribution in [0.25, 0.3) is 44.2 Å². The molecule has 0 atom stereocenters. The van der Waals surface area contributed by atoms with E-state index in [-0.39, 0.29) is 18.3 Å². The van der Waals surface area contributed by atoms with Crippen molar-refractivity contribution in [3.05, 3.63) is 91.0 Å². The van der Waals surface area contributed by atoms with Crippen LogP contribution >= 0.6 is 0 Å². The van der Waals surface area contributed by atoms with E-state index >= 15 is 0 Å². The third-order valence-electron chi connectivity index (χ3n) is 7.33. The molecule has 0 amide bonds. The Bertz CT molecular complexity index is 1500. The molecular formula is C30H27BO3. The Morgan fingerprint density at radius 3 is 2.03 bits per heavy atom. The van der Waals surface area contributed by atoms with Gasteiger partial charge in [0.2, 0.25) is 0 Å². The molecule has 6 rings (SSSR count). The van der Waals surface area contributed by atoms with E-state index < -0.39 is 0 Å². The maximum atomic E-state index is 6.28. The number of hydrogen-bond donors (Lipinski definition) is 0. The predicted octanol–water partition coefficient (Wildman–Crippen LogP) is 7.22. The first-order valence-electron chi connectivity index (χ1n) is 11.8. The molecule has 0 spiro atoms. The highest BCUT2D eigenvalue weighted by atomic mass is 16.7. The minimum Gasteiger partial charge on any atom is -0.456 e. The summed E-state index contributed by atoms with van der Waals surface area (Å²) in [6, 6.07) is 31.6. The molecule has 0 N–H and O–H groups in total. The van der Waals surface area contributed by atoms with Gasteiger partial charge in [0.05, 0.1) is 11.2 Å². The smallest absolute Gasteiger partial charge is 0.456 e. The van der Waals surface area contributed by atoms with Crippen molar-refractivity contribution in [2.75, 3.05) is 0 Å². The molecule has 1 fully saturated rings. The SMILES string of the molecule is CC1(C)OB(c2cccc(-c3ccc4oc5cccc(-c6ccccc6)c5c4c3)c2)OC1(C)C. The number of furan rings is 1. The number of benzene rings is 4. The molecule has 0 saturated carbocycles. The number of rotatable bonds is 3. The maximum Gasteiger partial charge on any atom is 0.494 e. The van der Waals surface area contributed by atoms with Crippen LogP contribution in [-0.2, 0) is 9.31 Å². The molecule has 4 heteroatoms. The van der Waals surface area contributed by atoms with Crippen molar-refractivity contribution < 1.29 is 13.7 Å². The van der Waals surface area contributed by atoms with Gasteiger partial charge in [0.15, 0.2) is 0 Å². The summed E-state index contributed by atoms with van der Waals surface area (Å²) in [4.78, 5) is 0. The molecule has 1 aromatic heterocycles. The van der Waals surface area contributed by atoms with Gasteiger partial charge in [0.1, 0.15) is 11.2 Å². The van der Waals surface area contributed by atoms with E-state index in [1.54, 1.807) is 0 Å². The minimum absolute atomic E-state index is 0.365. The molecule has 0 aliphatic carbocycles. The van der Waals surface area contributed by atoms with Gasteiger partial charge in [-0.15, -0.1) is 0 Å². The van der Waals surface area contributed by atoms with Gasteiger partial charge in [0.25, 0.3) is 0 Å². The second-order valence-electron chi connectivity index (χ2n) is 10.1. The standard InChI is InChI=1S/C30H27BO3/c1-29(2)30(3,4)34-31(33-29)23-13-8-12-21(18-23)22-16-17-26-25(19-22)28-24(14-9-15-27(28)32-26)20-10-6-5-7-11-20/h5-19H,1-4H3. The number of fused-ring (bicyclic) bond motifs is 3. The zero-order valence-electron chi connectivity index (χ0n) is 20.0. The van der Waals surface area contributed by atoms with Gasteiger partial charge < -0.3 is 13.7 Å². The van der Waals surface area contributed by atoms with E-state index in [1.165, 1.54) is 11.1 Å². The van der Waals surface area contributed by atoms with Crippen molar-refractivity contribution in [2.45, 2.75) is 38.9 Å². The largest absolute Gasteiger partial charge is 0.494 e. The second-order valence-corrected chi connectivity index (χ2v) is 10.1. The highest BCUT2D eigenvalue weighted by Crippen LogP contribution is 2.39. The highest BCUT2D eigenvalue weighted by Gasteiger charge is 2.51. The normalized spacial score (nSPS) is 17.0. The van der Waals surface area contributed by atoms with Crippen LogP contribution in [-0.4, -0.2) is 18.3 Å². The Morgan fingerprint density at radius 2 is 1.26 bits per heavy atom. The third-order valence-corrected chi connectivity index (χ3v) is 7.33. The molecule has 0 bridgehead atoms. The van der Waals surface area contributed by atoms with E-state index in [0.717, 1.165) is 38.5 Å².